The predicted molar refractivity (Wildman–Crippen MR) is 150 cm³/mol. The lowest BCUT2D eigenvalue weighted by Crippen LogP contribution is -2.39. The molecule has 198 valence electrons. The Labute approximate surface area is 229 Å². The molecule has 8 heteroatoms. The van der Waals surface area contributed by atoms with Crippen molar-refractivity contribution in [1.29, 1.82) is 0 Å². The second-order valence-corrected chi connectivity index (χ2v) is 10.7. The number of allylic oxidation sites excluding steroid dienone is 1. The van der Waals surface area contributed by atoms with E-state index in [1.807, 2.05) is 42.5 Å². The molecule has 1 aliphatic rings. The molecule has 0 bridgehead atoms. The molecule has 0 fully saturated rings. The SMILES string of the molecule is COC(=O)C1=C(C)N=c2sc(=Cc3ccc(-c4ccc(C(C)=O)cc4)o3)c(=O)n2C1c1ccc(C(C)C)cc1. The fraction of sp³-hybridized carbons (Fsp3) is 0.226. The molecule has 0 amide bonds. The number of ether oxygens (including phenoxy) is 1. The molecule has 3 heterocycles. The summed E-state index contributed by atoms with van der Waals surface area (Å²) in [7, 11) is 1.33. The molecule has 5 rings (SSSR count). The summed E-state index contributed by atoms with van der Waals surface area (Å²) >= 11 is 1.24. The number of esters is 1. The van der Waals surface area contributed by atoms with Crippen molar-refractivity contribution in [1.82, 2.24) is 4.57 Å². The summed E-state index contributed by atoms with van der Waals surface area (Å²) in [4.78, 5) is 43.3. The summed E-state index contributed by atoms with van der Waals surface area (Å²) in [6.45, 7) is 7.51. The Morgan fingerprint density at radius 1 is 1.05 bits per heavy atom. The van der Waals surface area contributed by atoms with E-state index in [-0.39, 0.29) is 11.3 Å². The summed E-state index contributed by atoms with van der Waals surface area (Å²) in [6.07, 6.45) is 1.69. The van der Waals surface area contributed by atoms with Crippen molar-refractivity contribution in [2.75, 3.05) is 7.11 Å². The van der Waals surface area contributed by atoms with Gasteiger partial charge in [-0.3, -0.25) is 14.2 Å². The van der Waals surface area contributed by atoms with E-state index in [1.165, 1.54) is 25.4 Å². The van der Waals surface area contributed by atoms with E-state index < -0.39 is 12.0 Å². The van der Waals surface area contributed by atoms with Crippen LogP contribution in [0.3, 0.4) is 0 Å². The van der Waals surface area contributed by atoms with Crippen LogP contribution < -0.4 is 14.9 Å². The van der Waals surface area contributed by atoms with Gasteiger partial charge in [-0.2, -0.15) is 0 Å². The fourth-order valence-electron chi connectivity index (χ4n) is 4.66. The molecule has 0 spiro atoms. The van der Waals surface area contributed by atoms with E-state index in [0.717, 1.165) is 16.7 Å². The van der Waals surface area contributed by atoms with Gasteiger partial charge in [0.2, 0.25) is 0 Å². The topological polar surface area (TPSA) is 90.9 Å². The molecule has 39 heavy (non-hydrogen) atoms. The van der Waals surface area contributed by atoms with Crippen LogP contribution in [0.1, 0.15) is 66.9 Å². The zero-order valence-electron chi connectivity index (χ0n) is 22.3. The van der Waals surface area contributed by atoms with E-state index in [2.05, 4.69) is 18.8 Å². The number of Topliss-reactive ketones (excluding diaryl/α,β-unsaturated/α-hetero) is 1. The van der Waals surface area contributed by atoms with E-state index in [0.29, 0.717) is 43.6 Å². The molecule has 1 atom stereocenters. The second kappa shape index (κ2) is 10.5. The highest BCUT2D eigenvalue weighted by molar-refractivity contribution is 7.07. The normalized spacial score (nSPS) is 15.3. The molecule has 0 radical (unpaired) electrons. The number of nitrogens with zero attached hydrogens (tertiary/aromatic N) is 2. The number of hydrogen-bond acceptors (Lipinski definition) is 7. The third-order valence-electron chi connectivity index (χ3n) is 6.82. The summed E-state index contributed by atoms with van der Waals surface area (Å²) in [6, 6.07) is 18.1. The number of benzene rings is 2. The smallest absolute Gasteiger partial charge is 0.338 e. The van der Waals surface area contributed by atoms with Gasteiger partial charge in [0, 0.05) is 17.2 Å². The number of methoxy groups -OCH3 is 1. The summed E-state index contributed by atoms with van der Waals surface area (Å²) < 4.78 is 13.1. The van der Waals surface area contributed by atoms with Crippen molar-refractivity contribution in [3.05, 3.63) is 114 Å². The largest absolute Gasteiger partial charge is 0.466 e. The van der Waals surface area contributed by atoms with Gasteiger partial charge in [-0.1, -0.05) is 73.7 Å². The van der Waals surface area contributed by atoms with Crippen molar-refractivity contribution in [2.45, 2.75) is 39.7 Å². The molecule has 0 N–H and O–H groups in total. The Kier molecular flexibility index (Phi) is 7.06. The minimum absolute atomic E-state index is 0.00294. The first-order valence-electron chi connectivity index (χ1n) is 12.6. The van der Waals surface area contributed by atoms with Gasteiger partial charge in [0.05, 0.1) is 29.0 Å². The van der Waals surface area contributed by atoms with Crippen LogP contribution in [0.25, 0.3) is 17.4 Å². The Hall–Kier alpha value is -4.30. The van der Waals surface area contributed by atoms with Crippen LogP contribution in [-0.4, -0.2) is 23.4 Å². The van der Waals surface area contributed by atoms with Crippen LogP contribution in [0.5, 0.6) is 0 Å². The van der Waals surface area contributed by atoms with E-state index in [9.17, 15) is 14.4 Å². The lowest BCUT2D eigenvalue weighted by molar-refractivity contribution is -0.136. The Bertz CT molecular complexity index is 1780. The van der Waals surface area contributed by atoms with Crippen molar-refractivity contribution < 1.29 is 18.7 Å². The summed E-state index contributed by atoms with van der Waals surface area (Å²) in [5.74, 6) is 0.958. The van der Waals surface area contributed by atoms with E-state index >= 15 is 0 Å². The number of thiazole rings is 1. The molecular weight excluding hydrogens is 512 g/mol. The molecule has 7 nitrogen and oxygen atoms in total. The Morgan fingerprint density at radius 3 is 2.36 bits per heavy atom. The quantitative estimate of drug-likeness (QED) is 0.254. The number of rotatable bonds is 6. The lowest BCUT2D eigenvalue weighted by atomic mass is 9.93. The highest BCUT2D eigenvalue weighted by atomic mass is 32.1. The number of furan rings is 1. The predicted octanol–water partition coefficient (Wildman–Crippen LogP) is 4.99. The first kappa shape index (κ1) is 26.3. The highest BCUT2D eigenvalue weighted by Crippen LogP contribution is 2.31. The maximum Gasteiger partial charge on any atom is 0.338 e. The minimum atomic E-state index is -0.663. The van der Waals surface area contributed by atoms with Gasteiger partial charge >= 0.3 is 5.97 Å². The molecular formula is C31H28N2O5S. The maximum absolute atomic E-state index is 13.8. The van der Waals surface area contributed by atoms with Crippen LogP contribution in [-0.2, 0) is 9.53 Å². The summed E-state index contributed by atoms with van der Waals surface area (Å²) in [5, 5.41) is 0. The zero-order chi connectivity index (χ0) is 27.8. The molecule has 1 unspecified atom stereocenters. The van der Waals surface area contributed by atoms with Crippen LogP contribution in [0.4, 0.5) is 0 Å². The van der Waals surface area contributed by atoms with Gasteiger partial charge in [-0.15, -0.1) is 0 Å². The molecule has 0 aliphatic carbocycles. The number of aromatic nitrogens is 1. The highest BCUT2D eigenvalue weighted by Gasteiger charge is 2.33. The van der Waals surface area contributed by atoms with Crippen LogP contribution in [0.15, 0.2) is 86.1 Å². The van der Waals surface area contributed by atoms with E-state index in [1.54, 1.807) is 35.8 Å². The van der Waals surface area contributed by atoms with Crippen LogP contribution in [0, 0.1) is 0 Å². The Morgan fingerprint density at radius 2 is 1.74 bits per heavy atom. The maximum atomic E-state index is 13.8. The van der Waals surface area contributed by atoms with Gasteiger partial charge in [-0.05, 0) is 43.0 Å². The van der Waals surface area contributed by atoms with Gasteiger partial charge in [0.25, 0.3) is 5.56 Å². The first-order chi connectivity index (χ1) is 18.7. The number of carbonyl (C=O) groups excluding carboxylic acids is 2. The number of fused-ring (bicyclic) bond motifs is 1. The average Bonchev–Trinajstić information content (AvgIpc) is 3.52. The molecule has 4 aromatic rings. The Balaban J connectivity index is 1.59. The van der Waals surface area contributed by atoms with Gasteiger partial charge in [0.1, 0.15) is 11.5 Å². The fourth-order valence-corrected chi connectivity index (χ4v) is 5.68. The number of ketones is 1. The monoisotopic (exact) mass is 540 g/mol. The van der Waals surface area contributed by atoms with Gasteiger partial charge in [0.15, 0.2) is 10.6 Å². The van der Waals surface area contributed by atoms with Crippen molar-refractivity contribution >= 4 is 29.2 Å². The third kappa shape index (κ3) is 4.95. The van der Waals surface area contributed by atoms with Crippen LogP contribution in [0.2, 0.25) is 0 Å². The van der Waals surface area contributed by atoms with Gasteiger partial charge in [-0.25, -0.2) is 9.79 Å². The van der Waals surface area contributed by atoms with Gasteiger partial charge < -0.3 is 9.15 Å². The molecule has 2 aromatic carbocycles. The average molecular weight is 541 g/mol. The molecule has 0 saturated carbocycles. The molecule has 1 aliphatic heterocycles. The van der Waals surface area contributed by atoms with Crippen LogP contribution >= 0.6 is 11.3 Å². The minimum Gasteiger partial charge on any atom is -0.466 e. The van der Waals surface area contributed by atoms with Crippen molar-refractivity contribution in [2.24, 2.45) is 4.99 Å². The second-order valence-electron chi connectivity index (χ2n) is 9.73. The molecule has 2 aromatic heterocycles. The lowest BCUT2D eigenvalue weighted by Gasteiger charge is -2.24. The zero-order valence-corrected chi connectivity index (χ0v) is 23.2. The molecule has 0 saturated heterocycles. The van der Waals surface area contributed by atoms with Crippen molar-refractivity contribution in [3.63, 3.8) is 0 Å². The third-order valence-corrected chi connectivity index (χ3v) is 7.80. The standard InChI is InChI=1S/C31H28N2O5S/c1-17(2)20-6-12-23(13-7-20)28-27(30(36)37-5)18(3)32-31-33(28)29(35)26(39-31)16-24-14-15-25(38-24)22-10-8-21(9-11-22)19(4)34/h6-17,28H,1-5H3. The number of carbonyl (C=O) groups is 2. The first-order valence-corrected chi connectivity index (χ1v) is 13.4. The number of hydrogen-bond donors (Lipinski definition) is 0. The van der Waals surface area contributed by atoms with Crippen molar-refractivity contribution in [3.8, 4) is 11.3 Å². The van der Waals surface area contributed by atoms with E-state index in [4.69, 9.17) is 9.15 Å². The summed E-state index contributed by atoms with van der Waals surface area (Å²) in [5.41, 5.74) is 4.00.